The molecule has 1 fully saturated rings. The molecular formula is C7H13NO2S2. The monoisotopic (exact) mass is 207 g/mol. The molecule has 0 saturated carbocycles. The van der Waals surface area contributed by atoms with Crippen LogP contribution in [0.2, 0.25) is 0 Å². The molecule has 2 atom stereocenters. The minimum Gasteiger partial charge on any atom is -0.480 e. The SMILES string of the molecule is NC(CC1CSCCS1)C(=O)O. The first-order valence-electron chi connectivity index (χ1n) is 3.88. The van der Waals surface area contributed by atoms with Crippen LogP contribution in [0.15, 0.2) is 0 Å². The van der Waals surface area contributed by atoms with Gasteiger partial charge in [-0.3, -0.25) is 4.79 Å². The molecule has 1 aliphatic rings. The van der Waals surface area contributed by atoms with Gasteiger partial charge in [0.1, 0.15) is 6.04 Å². The van der Waals surface area contributed by atoms with Crippen molar-refractivity contribution in [3.63, 3.8) is 0 Å². The summed E-state index contributed by atoms with van der Waals surface area (Å²) in [6, 6.07) is -0.679. The Bertz CT molecular complexity index is 159. The summed E-state index contributed by atoms with van der Waals surface area (Å²) in [6.07, 6.45) is 0.604. The van der Waals surface area contributed by atoms with Gasteiger partial charge in [0, 0.05) is 22.5 Å². The van der Waals surface area contributed by atoms with Crippen molar-refractivity contribution in [3.8, 4) is 0 Å². The normalized spacial score (nSPS) is 26.6. The van der Waals surface area contributed by atoms with E-state index in [4.69, 9.17) is 10.8 Å². The van der Waals surface area contributed by atoms with E-state index in [-0.39, 0.29) is 0 Å². The maximum Gasteiger partial charge on any atom is 0.320 e. The Morgan fingerprint density at radius 2 is 2.42 bits per heavy atom. The van der Waals surface area contributed by atoms with Crippen molar-refractivity contribution in [1.29, 1.82) is 0 Å². The predicted molar refractivity (Wildman–Crippen MR) is 53.8 cm³/mol. The number of rotatable bonds is 3. The molecule has 0 aromatic heterocycles. The van der Waals surface area contributed by atoms with E-state index in [2.05, 4.69) is 0 Å². The highest BCUT2D eigenvalue weighted by atomic mass is 32.2. The summed E-state index contributed by atoms with van der Waals surface area (Å²) in [4.78, 5) is 10.4. The molecule has 1 rings (SSSR count). The molecular weight excluding hydrogens is 194 g/mol. The second-order valence-electron chi connectivity index (χ2n) is 2.75. The molecule has 0 bridgehead atoms. The minimum absolute atomic E-state index is 0.440. The summed E-state index contributed by atoms with van der Waals surface area (Å²) >= 11 is 3.73. The molecule has 70 valence electrons. The van der Waals surface area contributed by atoms with E-state index in [1.165, 1.54) is 5.75 Å². The van der Waals surface area contributed by atoms with Gasteiger partial charge in [-0.1, -0.05) is 0 Å². The van der Waals surface area contributed by atoms with Crippen LogP contribution in [0.4, 0.5) is 0 Å². The zero-order valence-electron chi connectivity index (χ0n) is 6.73. The third-order valence-electron chi connectivity index (χ3n) is 1.72. The lowest BCUT2D eigenvalue weighted by Crippen LogP contribution is -2.34. The molecule has 0 spiro atoms. The van der Waals surface area contributed by atoms with Crippen LogP contribution in [0.3, 0.4) is 0 Å². The number of thioether (sulfide) groups is 2. The number of hydrogen-bond acceptors (Lipinski definition) is 4. The van der Waals surface area contributed by atoms with Gasteiger partial charge < -0.3 is 10.8 Å². The second-order valence-corrected chi connectivity index (χ2v) is 5.31. The fraction of sp³-hybridized carbons (Fsp3) is 0.857. The van der Waals surface area contributed by atoms with Gasteiger partial charge in [0.15, 0.2) is 0 Å². The number of carbonyl (C=O) groups is 1. The van der Waals surface area contributed by atoms with Crippen molar-refractivity contribution < 1.29 is 9.90 Å². The lowest BCUT2D eigenvalue weighted by molar-refractivity contribution is -0.138. The van der Waals surface area contributed by atoms with Crippen LogP contribution in [0.1, 0.15) is 6.42 Å². The van der Waals surface area contributed by atoms with Crippen molar-refractivity contribution in [2.75, 3.05) is 17.3 Å². The molecule has 3 N–H and O–H groups in total. The average Bonchev–Trinajstić information content (AvgIpc) is 2.06. The topological polar surface area (TPSA) is 63.3 Å². The smallest absolute Gasteiger partial charge is 0.320 e. The van der Waals surface area contributed by atoms with Crippen molar-refractivity contribution in [2.24, 2.45) is 5.73 Å². The first-order chi connectivity index (χ1) is 5.70. The Labute approximate surface area is 80.5 Å². The molecule has 1 heterocycles. The molecule has 5 heteroatoms. The zero-order valence-corrected chi connectivity index (χ0v) is 8.37. The molecule has 0 amide bonds. The fourth-order valence-corrected chi connectivity index (χ4v) is 3.83. The lowest BCUT2D eigenvalue weighted by Gasteiger charge is -2.22. The number of hydrogen-bond donors (Lipinski definition) is 2. The molecule has 0 aliphatic carbocycles. The van der Waals surface area contributed by atoms with Crippen LogP contribution < -0.4 is 5.73 Å². The number of nitrogens with two attached hydrogens (primary N) is 1. The third-order valence-corrected chi connectivity index (χ3v) is 4.59. The Kier molecular flexibility index (Phi) is 4.25. The van der Waals surface area contributed by atoms with Gasteiger partial charge in [-0.25, -0.2) is 0 Å². The largest absolute Gasteiger partial charge is 0.480 e. The van der Waals surface area contributed by atoms with Crippen LogP contribution in [-0.2, 0) is 4.79 Å². The molecule has 1 aliphatic heterocycles. The number of aliphatic carboxylic acids is 1. The van der Waals surface area contributed by atoms with E-state index in [1.54, 1.807) is 0 Å². The molecule has 1 saturated heterocycles. The Morgan fingerprint density at radius 1 is 1.67 bits per heavy atom. The molecule has 0 aromatic carbocycles. The van der Waals surface area contributed by atoms with Crippen LogP contribution >= 0.6 is 23.5 Å². The molecule has 0 radical (unpaired) electrons. The Balaban J connectivity index is 2.24. The van der Waals surface area contributed by atoms with Gasteiger partial charge in [0.25, 0.3) is 0 Å². The van der Waals surface area contributed by atoms with E-state index in [1.807, 2.05) is 23.5 Å². The standard InChI is InChI=1S/C7H13NO2S2/c8-6(7(9)10)3-5-4-11-1-2-12-5/h5-6H,1-4,8H2,(H,9,10). The van der Waals surface area contributed by atoms with Crippen LogP contribution in [-0.4, -0.2) is 39.6 Å². The zero-order chi connectivity index (χ0) is 8.97. The van der Waals surface area contributed by atoms with E-state index >= 15 is 0 Å². The van der Waals surface area contributed by atoms with Crippen molar-refractivity contribution in [1.82, 2.24) is 0 Å². The first-order valence-corrected chi connectivity index (χ1v) is 6.08. The lowest BCUT2D eigenvalue weighted by atomic mass is 10.2. The van der Waals surface area contributed by atoms with Crippen molar-refractivity contribution >= 4 is 29.5 Å². The highest BCUT2D eigenvalue weighted by Gasteiger charge is 2.20. The maximum atomic E-state index is 10.4. The summed E-state index contributed by atoms with van der Waals surface area (Å²) in [5.41, 5.74) is 5.43. The summed E-state index contributed by atoms with van der Waals surface area (Å²) < 4.78 is 0. The van der Waals surface area contributed by atoms with Gasteiger partial charge in [-0.2, -0.15) is 23.5 Å². The average molecular weight is 207 g/mol. The highest BCUT2D eigenvalue weighted by molar-refractivity contribution is 8.06. The van der Waals surface area contributed by atoms with Crippen LogP contribution in [0.25, 0.3) is 0 Å². The number of carboxylic acids is 1. The Morgan fingerprint density at radius 3 is 2.92 bits per heavy atom. The van der Waals surface area contributed by atoms with Gasteiger partial charge >= 0.3 is 5.97 Å². The predicted octanol–water partition coefficient (Wildman–Crippen LogP) is 0.637. The molecule has 3 nitrogen and oxygen atoms in total. The van der Waals surface area contributed by atoms with E-state index in [0.717, 1.165) is 11.5 Å². The van der Waals surface area contributed by atoms with Crippen LogP contribution in [0.5, 0.6) is 0 Å². The van der Waals surface area contributed by atoms with Gasteiger partial charge in [0.05, 0.1) is 0 Å². The minimum atomic E-state index is -0.883. The fourth-order valence-electron chi connectivity index (χ4n) is 1.06. The van der Waals surface area contributed by atoms with Gasteiger partial charge in [-0.15, -0.1) is 0 Å². The van der Waals surface area contributed by atoms with Gasteiger partial charge in [0.2, 0.25) is 0 Å². The Hall–Kier alpha value is 0.130. The molecule has 0 aromatic rings. The first kappa shape index (κ1) is 10.2. The summed E-state index contributed by atoms with van der Waals surface area (Å²) in [5, 5.41) is 9.01. The molecule has 12 heavy (non-hydrogen) atoms. The van der Waals surface area contributed by atoms with E-state index < -0.39 is 12.0 Å². The van der Waals surface area contributed by atoms with Crippen LogP contribution in [0, 0.1) is 0 Å². The van der Waals surface area contributed by atoms with Crippen molar-refractivity contribution in [2.45, 2.75) is 17.7 Å². The summed E-state index contributed by atoms with van der Waals surface area (Å²) in [6.45, 7) is 0. The molecule has 2 unspecified atom stereocenters. The summed E-state index contributed by atoms with van der Waals surface area (Å²) in [5.74, 6) is 2.47. The third kappa shape index (κ3) is 3.25. The second kappa shape index (κ2) is 4.99. The maximum absolute atomic E-state index is 10.4. The van der Waals surface area contributed by atoms with Gasteiger partial charge in [-0.05, 0) is 6.42 Å². The summed E-state index contributed by atoms with van der Waals surface area (Å²) in [7, 11) is 0. The van der Waals surface area contributed by atoms with E-state index in [0.29, 0.717) is 11.7 Å². The number of carboxylic acid groups (broad SMARTS) is 1. The quantitative estimate of drug-likeness (QED) is 0.711. The van der Waals surface area contributed by atoms with E-state index in [9.17, 15) is 4.79 Å². The van der Waals surface area contributed by atoms with Crippen molar-refractivity contribution in [3.05, 3.63) is 0 Å². The highest BCUT2D eigenvalue weighted by Crippen LogP contribution is 2.26.